The number of hydrogen-bond donors (Lipinski definition) is 1. The summed E-state index contributed by atoms with van der Waals surface area (Å²) in [5.74, 6) is 0. The van der Waals surface area contributed by atoms with E-state index in [0.29, 0.717) is 26.2 Å². The lowest BCUT2D eigenvalue weighted by molar-refractivity contribution is -0.215. The summed E-state index contributed by atoms with van der Waals surface area (Å²) in [7, 11) is 0. The average Bonchev–Trinajstić information content (AvgIpc) is 2.58. The third-order valence-corrected chi connectivity index (χ3v) is 4.49. The second-order valence-electron chi connectivity index (χ2n) is 7.31. The van der Waals surface area contributed by atoms with Crippen molar-refractivity contribution >= 4 is 38.0 Å². The predicted molar refractivity (Wildman–Crippen MR) is 111 cm³/mol. The van der Waals surface area contributed by atoms with Gasteiger partial charge in [-0.25, -0.2) is 9.69 Å². The van der Waals surface area contributed by atoms with E-state index in [9.17, 15) is 9.90 Å². The highest BCUT2D eigenvalue weighted by Crippen LogP contribution is 2.22. The molecule has 8 heteroatoms. The first-order chi connectivity index (χ1) is 12.7. The molecule has 0 spiro atoms. The Labute approximate surface area is 177 Å². The number of rotatable bonds is 5. The standard InChI is InChI=1S/C19H26Br2N2O4/c1-19(2,3)27-17(24)22-9-10-23(15(12-22)11-16(20)21)18(25)26-13-14-7-5-4-6-8-14/h4-8,11,15,18,25H,9-10,12-13H2,1-3H3. The van der Waals surface area contributed by atoms with Gasteiger partial charge in [0, 0.05) is 19.6 Å². The van der Waals surface area contributed by atoms with E-state index >= 15 is 0 Å². The molecule has 2 atom stereocenters. The van der Waals surface area contributed by atoms with Crippen LogP contribution in [-0.4, -0.2) is 58.7 Å². The monoisotopic (exact) mass is 504 g/mol. The molecule has 0 bridgehead atoms. The summed E-state index contributed by atoms with van der Waals surface area (Å²) in [5, 5.41) is 10.5. The maximum absolute atomic E-state index is 12.4. The van der Waals surface area contributed by atoms with Crippen LogP contribution in [0.5, 0.6) is 0 Å². The second-order valence-corrected chi connectivity index (χ2v) is 10.1. The third kappa shape index (κ3) is 7.54. The Balaban J connectivity index is 2.01. The SMILES string of the molecule is CC(C)(C)OC(=O)N1CCN(C(O)OCc2ccccc2)C(C=C(Br)Br)C1. The minimum atomic E-state index is -1.08. The first kappa shape index (κ1) is 22.4. The average molecular weight is 506 g/mol. The molecule has 1 aliphatic heterocycles. The number of halogens is 2. The number of aliphatic hydroxyl groups is 1. The van der Waals surface area contributed by atoms with E-state index in [1.54, 1.807) is 4.90 Å². The number of amides is 1. The number of aliphatic hydroxyl groups excluding tert-OH is 1. The fourth-order valence-electron chi connectivity index (χ4n) is 2.73. The molecule has 1 N–H and O–H groups in total. The van der Waals surface area contributed by atoms with E-state index in [1.165, 1.54) is 0 Å². The molecule has 0 aliphatic carbocycles. The Morgan fingerprint density at radius 3 is 2.56 bits per heavy atom. The zero-order chi connectivity index (χ0) is 20.0. The van der Waals surface area contributed by atoms with Gasteiger partial charge < -0.3 is 19.5 Å². The summed E-state index contributed by atoms with van der Waals surface area (Å²) >= 11 is 6.72. The van der Waals surface area contributed by atoms with Gasteiger partial charge in [-0.3, -0.25) is 0 Å². The zero-order valence-electron chi connectivity index (χ0n) is 15.8. The van der Waals surface area contributed by atoms with Gasteiger partial charge in [0.15, 0.2) is 0 Å². The van der Waals surface area contributed by atoms with E-state index in [1.807, 2.05) is 62.1 Å². The van der Waals surface area contributed by atoms with Crippen molar-refractivity contribution in [2.45, 2.75) is 45.4 Å². The molecular weight excluding hydrogens is 480 g/mol. The first-order valence-corrected chi connectivity index (χ1v) is 10.3. The minimum absolute atomic E-state index is 0.231. The normalized spacial score (nSPS) is 19.5. The smallest absolute Gasteiger partial charge is 0.410 e. The number of benzene rings is 1. The lowest BCUT2D eigenvalue weighted by Crippen LogP contribution is -2.58. The van der Waals surface area contributed by atoms with Crippen LogP contribution in [0.3, 0.4) is 0 Å². The fraction of sp³-hybridized carbons (Fsp3) is 0.526. The molecule has 0 radical (unpaired) electrons. The van der Waals surface area contributed by atoms with Crippen LogP contribution in [0.1, 0.15) is 26.3 Å². The summed E-state index contributed by atoms with van der Waals surface area (Å²) in [5.41, 5.74) is 0.436. The van der Waals surface area contributed by atoms with E-state index in [-0.39, 0.29) is 12.1 Å². The van der Waals surface area contributed by atoms with Crippen LogP contribution in [0.2, 0.25) is 0 Å². The van der Waals surface area contributed by atoms with Crippen molar-refractivity contribution in [2.24, 2.45) is 0 Å². The molecule has 1 aromatic carbocycles. The van der Waals surface area contributed by atoms with E-state index in [2.05, 4.69) is 31.9 Å². The Hall–Kier alpha value is -0.930. The van der Waals surface area contributed by atoms with E-state index in [4.69, 9.17) is 9.47 Å². The Morgan fingerprint density at radius 1 is 1.30 bits per heavy atom. The molecule has 2 rings (SSSR count). The number of hydrogen-bond acceptors (Lipinski definition) is 5. The van der Waals surface area contributed by atoms with Crippen LogP contribution < -0.4 is 0 Å². The summed E-state index contributed by atoms with van der Waals surface area (Å²) in [4.78, 5) is 15.8. The number of ether oxygens (including phenoxy) is 2. The second kappa shape index (κ2) is 10.0. The van der Waals surface area contributed by atoms with Crippen molar-refractivity contribution in [3.63, 3.8) is 0 Å². The summed E-state index contributed by atoms with van der Waals surface area (Å²) < 4.78 is 11.8. The summed E-state index contributed by atoms with van der Waals surface area (Å²) in [6.45, 7) is 7.13. The van der Waals surface area contributed by atoms with Gasteiger partial charge in [-0.05, 0) is 64.3 Å². The van der Waals surface area contributed by atoms with Gasteiger partial charge in [-0.15, -0.1) is 0 Å². The lowest BCUT2D eigenvalue weighted by Gasteiger charge is -2.42. The zero-order valence-corrected chi connectivity index (χ0v) is 18.9. The molecular formula is C19H26Br2N2O4. The predicted octanol–water partition coefficient (Wildman–Crippen LogP) is 4.03. The highest BCUT2D eigenvalue weighted by atomic mass is 79.9. The maximum atomic E-state index is 12.4. The topological polar surface area (TPSA) is 62.2 Å². The van der Waals surface area contributed by atoms with Gasteiger partial charge in [0.2, 0.25) is 6.41 Å². The lowest BCUT2D eigenvalue weighted by atomic mass is 10.1. The summed E-state index contributed by atoms with van der Waals surface area (Å²) in [6, 6.07) is 9.45. The number of carbonyl (C=O) groups excluding carboxylic acids is 1. The fourth-order valence-corrected chi connectivity index (χ4v) is 3.34. The molecule has 6 nitrogen and oxygen atoms in total. The molecule has 0 saturated carbocycles. The van der Waals surface area contributed by atoms with Gasteiger partial charge in [-0.2, -0.15) is 0 Å². The van der Waals surface area contributed by atoms with E-state index < -0.39 is 12.0 Å². The molecule has 1 aromatic rings. The van der Waals surface area contributed by atoms with Gasteiger partial charge in [0.1, 0.15) is 5.60 Å². The van der Waals surface area contributed by atoms with Crippen molar-refractivity contribution in [2.75, 3.05) is 19.6 Å². The molecule has 1 aliphatic rings. The van der Waals surface area contributed by atoms with Crippen LogP contribution in [-0.2, 0) is 16.1 Å². The van der Waals surface area contributed by atoms with Crippen molar-refractivity contribution in [1.82, 2.24) is 9.80 Å². The third-order valence-electron chi connectivity index (χ3n) is 3.96. The molecule has 1 fully saturated rings. The summed E-state index contributed by atoms with van der Waals surface area (Å²) in [6.07, 6.45) is 0.448. The molecule has 1 amide bonds. The first-order valence-electron chi connectivity index (χ1n) is 8.76. The van der Waals surface area contributed by atoms with Crippen LogP contribution in [0.25, 0.3) is 0 Å². The molecule has 150 valence electrons. The molecule has 1 heterocycles. The number of nitrogens with zero attached hydrogens (tertiary/aromatic N) is 2. The largest absolute Gasteiger partial charge is 0.444 e. The Kier molecular flexibility index (Phi) is 8.30. The minimum Gasteiger partial charge on any atom is -0.444 e. The molecule has 2 unspecified atom stereocenters. The number of piperazine rings is 1. The van der Waals surface area contributed by atoms with Gasteiger partial charge in [0.05, 0.1) is 16.0 Å². The van der Waals surface area contributed by atoms with Crippen LogP contribution in [0.15, 0.2) is 39.8 Å². The van der Waals surface area contributed by atoms with Crippen molar-refractivity contribution in [3.8, 4) is 0 Å². The van der Waals surface area contributed by atoms with Gasteiger partial charge >= 0.3 is 6.09 Å². The van der Waals surface area contributed by atoms with Gasteiger partial charge in [-0.1, -0.05) is 30.3 Å². The Morgan fingerprint density at radius 2 is 1.96 bits per heavy atom. The van der Waals surface area contributed by atoms with Crippen molar-refractivity contribution in [3.05, 3.63) is 45.4 Å². The van der Waals surface area contributed by atoms with Crippen LogP contribution >= 0.6 is 31.9 Å². The van der Waals surface area contributed by atoms with Crippen molar-refractivity contribution in [1.29, 1.82) is 0 Å². The highest BCUT2D eigenvalue weighted by molar-refractivity contribution is 9.28. The van der Waals surface area contributed by atoms with Crippen LogP contribution in [0, 0.1) is 0 Å². The molecule has 27 heavy (non-hydrogen) atoms. The molecule has 1 saturated heterocycles. The maximum Gasteiger partial charge on any atom is 0.410 e. The Bertz CT molecular complexity index is 645. The molecule has 0 aromatic heterocycles. The van der Waals surface area contributed by atoms with Crippen LogP contribution in [0.4, 0.5) is 4.79 Å². The quantitative estimate of drug-likeness (QED) is 0.612. The number of carbonyl (C=O) groups is 1. The van der Waals surface area contributed by atoms with E-state index in [0.717, 1.165) is 8.96 Å². The highest BCUT2D eigenvalue weighted by Gasteiger charge is 2.34. The van der Waals surface area contributed by atoms with Crippen molar-refractivity contribution < 1.29 is 19.4 Å². The van der Waals surface area contributed by atoms with Gasteiger partial charge in [0.25, 0.3) is 0 Å².